The number of hydrogen-bond donors (Lipinski definition) is 0. The highest BCUT2D eigenvalue weighted by Crippen LogP contribution is 2.32. The summed E-state index contributed by atoms with van der Waals surface area (Å²) in [5.41, 5.74) is 1.11. The molecular formula is C18H16F3NOS. The number of nitrogens with zero attached hydrogens (tertiary/aromatic N) is 1. The fraction of sp³-hybridized carbons (Fsp3) is 0.278. The minimum atomic E-state index is -4.36. The zero-order valence-corrected chi connectivity index (χ0v) is 13.7. The molecule has 0 radical (unpaired) electrons. The van der Waals surface area contributed by atoms with Crippen LogP contribution in [0.2, 0.25) is 0 Å². The Balaban J connectivity index is 1.93. The minimum Gasteiger partial charge on any atom is -0.337 e. The van der Waals surface area contributed by atoms with Gasteiger partial charge in [-0.1, -0.05) is 30.3 Å². The molecule has 126 valence electrons. The third-order valence-corrected chi connectivity index (χ3v) is 4.92. The van der Waals surface area contributed by atoms with Crippen molar-refractivity contribution in [2.24, 2.45) is 0 Å². The van der Waals surface area contributed by atoms with Crippen LogP contribution in [0.1, 0.15) is 15.9 Å². The lowest BCUT2D eigenvalue weighted by molar-refractivity contribution is -0.137. The molecule has 0 atom stereocenters. The number of carbonyl (C=O) groups is 1. The summed E-state index contributed by atoms with van der Waals surface area (Å²) in [6, 6.07) is 12.0. The fourth-order valence-corrected chi connectivity index (χ4v) is 3.60. The zero-order valence-electron chi connectivity index (χ0n) is 12.8. The van der Waals surface area contributed by atoms with Crippen molar-refractivity contribution in [2.75, 3.05) is 24.6 Å². The van der Waals surface area contributed by atoms with Crippen molar-refractivity contribution in [3.63, 3.8) is 0 Å². The van der Waals surface area contributed by atoms with Gasteiger partial charge in [0.15, 0.2) is 0 Å². The second kappa shape index (κ2) is 6.89. The van der Waals surface area contributed by atoms with E-state index < -0.39 is 11.7 Å². The van der Waals surface area contributed by atoms with Gasteiger partial charge < -0.3 is 4.90 Å². The molecule has 0 aromatic heterocycles. The van der Waals surface area contributed by atoms with Gasteiger partial charge in [-0.15, -0.1) is 0 Å². The lowest BCUT2D eigenvalue weighted by atomic mass is 9.97. The Morgan fingerprint density at radius 1 is 0.958 bits per heavy atom. The smallest absolute Gasteiger partial charge is 0.337 e. The summed E-state index contributed by atoms with van der Waals surface area (Å²) < 4.78 is 38.1. The van der Waals surface area contributed by atoms with Gasteiger partial charge in [0, 0.05) is 30.2 Å². The van der Waals surface area contributed by atoms with E-state index in [9.17, 15) is 18.0 Å². The summed E-state index contributed by atoms with van der Waals surface area (Å²) in [7, 11) is 0. The highest BCUT2D eigenvalue weighted by Gasteiger charge is 2.30. The molecule has 3 rings (SSSR count). The molecule has 0 saturated carbocycles. The number of halogens is 3. The summed E-state index contributed by atoms with van der Waals surface area (Å²) in [5.74, 6) is 1.76. The molecule has 2 aromatic rings. The summed E-state index contributed by atoms with van der Waals surface area (Å²) in [6.07, 6.45) is -4.36. The Kier molecular flexibility index (Phi) is 4.85. The molecule has 24 heavy (non-hydrogen) atoms. The van der Waals surface area contributed by atoms with Crippen molar-refractivity contribution in [2.45, 2.75) is 6.18 Å². The maximum absolute atomic E-state index is 12.8. The highest BCUT2D eigenvalue weighted by molar-refractivity contribution is 7.99. The molecule has 1 heterocycles. The lowest BCUT2D eigenvalue weighted by Gasteiger charge is -2.27. The molecule has 2 nitrogen and oxygen atoms in total. The highest BCUT2D eigenvalue weighted by atomic mass is 32.2. The normalized spacial score (nSPS) is 15.4. The van der Waals surface area contributed by atoms with Crippen LogP contribution in [0, 0.1) is 0 Å². The van der Waals surface area contributed by atoms with Gasteiger partial charge in [0.2, 0.25) is 0 Å². The predicted molar refractivity (Wildman–Crippen MR) is 90.1 cm³/mol. The first-order chi connectivity index (χ1) is 11.5. The second-order valence-corrected chi connectivity index (χ2v) is 6.75. The first-order valence-electron chi connectivity index (χ1n) is 7.60. The van der Waals surface area contributed by atoms with Crippen LogP contribution in [0.3, 0.4) is 0 Å². The number of alkyl halides is 3. The van der Waals surface area contributed by atoms with E-state index in [0.29, 0.717) is 29.8 Å². The van der Waals surface area contributed by atoms with Crippen molar-refractivity contribution >= 4 is 17.7 Å². The zero-order chi connectivity index (χ0) is 17.2. The number of benzene rings is 2. The van der Waals surface area contributed by atoms with Gasteiger partial charge in [-0.05, 0) is 29.3 Å². The van der Waals surface area contributed by atoms with Crippen molar-refractivity contribution in [1.82, 2.24) is 4.90 Å². The number of carbonyl (C=O) groups excluding carboxylic acids is 1. The summed E-state index contributed by atoms with van der Waals surface area (Å²) in [6.45, 7) is 1.40. The van der Waals surface area contributed by atoms with E-state index in [1.165, 1.54) is 12.1 Å². The van der Waals surface area contributed by atoms with Gasteiger partial charge in [-0.25, -0.2) is 0 Å². The van der Waals surface area contributed by atoms with Crippen LogP contribution in [0.5, 0.6) is 0 Å². The van der Waals surface area contributed by atoms with E-state index in [1.807, 2.05) is 11.8 Å². The molecule has 0 N–H and O–H groups in total. The van der Waals surface area contributed by atoms with Gasteiger partial charge in [0.25, 0.3) is 5.91 Å². The maximum Gasteiger partial charge on any atom is 0.416 e. The summed E-state index contributed by atoms with van der Waals surface area (Å²) in [5, 5.41) is 0. The van der Waals surface area contributed by atoms with E-state index in [-0.39, 0.29) is 5.91 Å². The predicted octanol–water partition coefficient (Wildman–Crippen LogP) is 4.56. The van der Waals surface area contributed by atoms with Crippen molar-refractivity contribution in [3.05, 3.63) is 59.7 Å². The molecule has 0 bridgehead atoms. The molecule has 2 aromatic carbocycles. The van der Waals surface area contributed by atoms with Gasteiger partial charge in [0.05, 0.1) is 5.56 Å². The van der Waals surface area contributed by atoms with Crippen LogP contribution in [0.4, 0.5) is 13.2 Å². The number of thioether (sulfide) groups is 1. The Bertz CT molecular complexity index is 722. The van der Waals surface area contributed by atoms with E-state index in [4.69, 9.17) is 0 Å². The Morgan fingerprint density at radius 3 is 2.21 bits per heavy atom. The van der Waals surface area contributed by atoms with Crippen molar-refractivity contribution < 1.29 is 18.0 Å². The first-order valence-corrected chi connectivity index (χ1v) is 8.76. The van der Waals surface area contributed by atoms with Crippen LogP contribution >= 0.6 is 11.8 Å². The van der Waals surface area contributed by atoms with Gasteiger partial charge in [-0.2, -0.15) is 24.9 Å². The van der Waals surface area contributed by atoms with E-state index in [0.717, 1.165) is 23.6 Å². The van der Waals surface area contributed by atoms with Crippen LogP contribution in [-0.4, -0.2) is 35.4 Å². The van der Waals surface area contributed by atoms with E-state index in [1.54, 1.807) is 29.2 Å². The number of hydrogen-bond acceptors (Lipinski definition) is 2. The molecule has 0 aliphatic carbocycles. The van der Waals surface area contributed by atoms with Crippen LogP contribution in [-0.2, 0) is 6.18 Å². The van der Waals surface area contributed by atoms with E-state index in [2.05, 4.69) is 0 Å². The minimum absolute atomic E-state index is 0.0641. The van der Waals surface area contributed by atoms with Crippen LogP contribution in [0.15, 0.2) is 48.5 Å². The molecule has 1 aliphatic rings. The Labute approximate surface area is 142 Å². The van der Waals surface area contributed by atoms with Gasteiger partial charge in [-0.3, -0.25) is 4.79 Å². The molecule has 1 saturated heterocycles. The van der Waals surface area contributed by atoms with Crippen LogP contribution in [0.25, 0.3) is 11.1 Å². The standard InChI is InChI=1S/C18H16F3NOS/c19-18(20,21)14-7-5-13(6-8-14)15-3-1-2-4-16(15)17(23)22-9-11-24-12-10-22/h1-8H,9-12H2. The topological polar surface area (TPSA) is 20.3 Å². The van der Waals surface area contributed by atoms with Crippen molar-refractivity contribution in [3.8, 4) is 11.1 Å². The molecule has 0 spiro atoms. The van der Waals surface area contributed by atoms with Crippen molar-refractivity contribution in [1.29, 1.82) is 0 Å². The Morgan fingerprint density at radius 2 is 1.58 bits per heavy atom. The molecule has 1 aliphatic heterocycles. The molecule has 0 unspecified atom stereocenters. The Hall–Kier alpha value is -1.95. The molecule has 1 fully saturated rings. The van der Waals surface area contributed by atoms with Gasteiger partial charge >= 0.3 is 6.18 Å². The average Bonchev–Trinajstić information content (AvgIpc) is 2.61. The maximum atomic E-state index is 12.8. The SMILES string of the molecule is O=C(c1ccccc1-c1ccc(C(F)(F)F)cc1)N1CCSCC1. The average molecular weight is 351 g/mol. The molecule has 1 amide bonds. The second-order valence-electron chi connectivity index (χ2n) is 5.53. The number of amides is 1. The fourth-order valence-electron chi connectivity index (χ4n) is 2.70. The largest absolute Gasteiger partial charge is 0.416 e. The van der Waals surface area contributed by atoms with Gasteiger partial charge in [0.1, 0.15) is 0 Å². The molecule has 6 heteroatoms. The van der Waals surface area contributed by atoms with Crippen LogP contribution < -0.4 is 0 Å². The summed E-state index contributed by atoms with van der Waals surface area (Å²) >= 11 is 1.82. The lowest BCUT2D eigenvalue weighted by Crippen LogP contribution is -2.38. The molecular weight excluding hydrogens is 335 g/mol. The number of rotatable bonds is 2. The third-order valence-electron chi connectivity index (χ3n) is 3.98. The first kappa shape index (κ1) is 16.9. The quantitative estimate of drug-likeness (QED) is 0.790. The van der Waals surface area contributed by atoms with E-state index >= 15 is 0 Å². The third kappa shape index (κ3) is 3.59. The monoisotopic (exact) mass is 351 g/mol. The summed E-state index contributed by atoms with van der Waals surface area (Å²) in [4.78, 5) is 14.6.